The van der Waals surface area contributed by atoms with Gasteiger partial charge < -0.3 is 20.0 Å². The van der Waals surface area contributed by atoms with Crippen LogP contribution in [0.2, 0.25) is 0 Å². The Morgan fingerprint density at radius 2 is 1.97 bits per heavy atom. The van der Waals surface area contributed by atoms with Gasteiger partial charge in [-0.25, -0.2) is 4.79 Å². The SMILES string of the molecule is C[C@@H]1C[C@@H](N(C)c2nc3nnc(-c4ccc(-c5cn[nH]c5)cc4O)cc3s2)CCN1C.O=C(O)C(F)(F)F. The predicted molar refractivity (Wildman–Crippen MR) is 137 cm³/mol. The van der Waals surface area contributed by atoms with Gasteiger partial charge in [0.15, 0.2) is 10.8 Å². The molecule has 0 spiro atoms. The highest BCUT2D eigenvalue weighted by Crippen LogP contribution is 2.36. The summed E-state index contributed by atoms with van der Waals surface area (Å²) in [7, 11) is 4.31. The van der Waals surface area contributed by atoms with E-state index in [1.807, 2.05) is 18.2 Å². The van der Waals surface area contributed by atoms with E-state index in [9.17, 15) is 18.3 Å². The van der Waals surface area contributed by atoms with E-state index in [1.54, 1.807) is 29.8 Å². The number of likely N-dealkylation sites (tertiary alicyclic amines) is 1. The van der Waals surface area contributed by atoms with Crippen molar-refractivity contribution in [1.29, 1.82) is 0 Å². The third-order valence-electron chi connectivity index (χ3n) is 6.52. The Morgan fingerprint density at radius 1 is 1.24 bits per heavy atom. The number of hydrogen-bond acceptors (Lipinski definition) is 9. The maximum absolute atomic E-state index is 10.6. The maximum Gasteiger partial charge on any atom is 0.490 e. The number of anilines is 1. The number of thiazole rings is 1. The number of rotatable bonds is 4. The van der Waals surface area contributed by atoms with E-state index in [0.29, 0.717) is 29.0 Å². The van der Waals surface area contributed by atoms with E-state index >= 15 is 0 Å². The van der Waals surface area contributed by atoms with Crippen LogP contribution in [-0.2, 0) is 4.79 Å². The minimum Gasteiger partial charge on any atom is -0.507 e. The fourth-order valence-corrected chi connectivity index (χ4v) is 5.09. The number of H-pyrrole nitrogens is 1. The summed E-state index contributed by atoms with van der Waals surface area (Å²) in [5, 5.41) is 34.1. The molecule has 10 nitrogen and oxygen atoms in total. The molecule has 1 aromatic carbocycles. The second-order valence-corrected chi connectivity index (χ2v) is 10.1. The van der Waals surface area contributed by atoms with Crippen LogP contribution in [0.25, 0.3) is 32.7 Å². The van der Waals surface area contributed by atoms with Gasteiger partial charge in [-0.05, 0) is 50.6 Å². The number of halogens is 3. The first-order chi connectivity index (χ1) is 17.9. The number of phenols is 1. The molecule has 4 aromatic rings. The van der Waals surface area contributed by atoms with Gasteiger partial charge in [-0.2, -0.15) is 23.3 Å². The van der Waals surface area contributed by atoms with E-state index in [0.717, 1.165) is 40.3 Å². The average molecular weight is 550 g/mol. The van der Waals surface area contributed by atoms with Crippen molar-refractivity contribution in [2.45, 2.75) is 38.0 Å². The molecule has 4 heterocycles. The van der Waals surface area contributed by atoms with Crippen LogP contribution in [0.3, 0.4) is 0 Å². The molecule has 3 aromatic heterocycles. The molecule has 0 bridgehead atoms. The topological polar surface area (TPSA) is 131 Å². The summed E-state index contributed by atoms with van der Waals surface area (Å²) in [5.74, 6) is -2.60. The third-order valence-corrected chi connectivity index (χ3v) is 7.60. The fraction of sp³-hybridized carbons (Fsp3) is 0.375. The highest BCUT2D eigenvalue weighted by atomic mass is 32.1. The van der Waals surface area contributed by atoms with Crippen molar-refractivity contribution in [2.75, 3.05) is 25.5 Å². The van der Waals surface area contributed by atoms with Gasteiger partial charge in [0.25, 0.3) is 0 Å². The third kappa shape index (κ3) is 6.02. The lowest BCUT2D eigenvalue weighted by Crippen LogP contribution is -2.46. The molecular formula is C24H26F3N7O3S. The second kappa shape index (κ2) is 10.9. The van der Waals surface area contributed by atoms with Crippen LogP contribution in [-0.4, -0.2) is 85.4 Å². The van der Waals surface area contributed by atoms with Crippen LogP contribution in [0.15, 0.2) is 36.7 Å². The number of fused-ring (bicyclic) bond motifs is 1. The van der Waals surface area contributed by atoms with Crippen molar-refractivity contribution in [2.24, 2.45) is 0 Å². The summed E-state index contributed by atoms with van der Waals surface area (Å²) < 4.78 is 32.7. The molecule has 5 rings (SSSR count). The van der Waals surface area contributed by atoms with Crippen molar-refractivity contribution in [3.05, 3.63) is 36.7 Å². The molecule has 14 heteroatoms. The first kappa shape index (κ1) is 27.3. The van der Waals surface area contributed by atoms with Crippen LogP contribution in [0.4, 0.5) is 18.3 Å². The number of nitrogens with zero attached hydrogens (tertiary/aromatic N) is 6. The maximum atomic E-state index is 10.6. The molecule has 1 fully saturated rings. The van der Waals surface area contributed by atoms with Gasteiger partial charge >= 0.3 is 12.1 Å². The van der Waals surface area contributed by atoms with Crippen molar-refractivity contribution in [3.63, 3.8) is 0 Å². The number of hydrogen-bond donors (Lipinski definition) is 3. The normalized spacial score (nSPS) is 18.2. The fourth-order valence-electron chi connectivity index (χ4n) is 4.12. The zero-order chi connectivity index (χ0) is 27.6. The van der Waals surface area contributed by atoms with Crippen LogP contribution < -0.4 is 4.90 Å². The number of aromatic nitrogens is 5. The molecule has 38 heavy (non-hydrogen) atoms. The lowest BCUT2D eigenvalue weighted by atomic mass is 9.98. The van der Waals surface area contributed by atoms with E-state index in [2.05, 4.69) is 51.2 Å². The van der Waals surface area contributed by atoms with Crippen molar-refractivity contribution in [1.82, 2.24) is 30.3 Å². The predicted octanol–water partition coefficient (Wildman–Crippen LogP) is 4.40. The molecule has 0 radical (unpaired) electrons. The van der Waals surface area contributed by atoms with Gasteiger partial charge in [0, 0.05) is 43.0 Å². The molecule has 1 aliphatic rings. The van der Waals surface area contributed by atoms with Crippen LogP contribution >= 0.6 is 11.3 Å². The summed E-state index contributed by atoms with van der Waals surface area (Å²) in [4.78, 5) is 18.3. The minimum absolute atomic E-state index is 0.162. The molecule has 3 N–H and O–H groups in total. The van der Waals surface area contributed by atoms with Gasteiger partial charge in [-0.1, -0.05) is 17.4 Å². The number of carbonyl (C=O) groups is 1. The number of carboxylic acid groups (broad SMARTS) is 1. The highest BCUT2D eigenvalue weighted by molar-refractivity contribution is 7.22. The number of aromatic amines is 1. The second-order valence-electron chi connectivity index (χ2n) is 9.05. The quantitative estimate of drug-likeness (QED) is 0.339. The number of aromatic hydroxyl groups is 1. The lowest BCUT2D eigenvalue weighted by Gasteiger charge is -2.39. The Balaban J connectivity index is 0.000000426. The summed E-state index contributed by atoms with van der Waals surface area (Å²) in [6.45, 7) is 3.37. The first-order valence-electron chi connectivity index (χ1n) is 11.6. The molecule has 1 aliphatic heterocycles. The zero-order valence-corrected chi connectivity index (χ0v) is 21.6. The van der Waals surface area contributed by atoms with Crippen LogP contribution in [0.1, 0.15) is 19.8 Å². The Hall–Kier alpha value is -3.78. The number of nitrogens with one attached hydrogen (secondary N) is 1. The van der Waals surface area contributed by atoms with Crippen LogP contribution in [0.5, 0.6) is 5.75 Å². The number of piperidine rings is 1. The smallest absolute Gasteiger partial charge is 0.490 e. The number of aliphatic carboxylic acids is 1. The van der Waals surface area contributed by atoms with E-state index < -0.39 is 12.1 Å². The molecule has 0 amide bonds. The molecule has 1 saturated heterocycles. The summed E-state index contributed by atoms with van der Waals surface area (Å²) >= 11 is 1.62. The number of carboxylic acids is 1. The molecule has 0 saturated carbocycles. The minimum atomic E-state index is -5.08. The standard InChI is InChI=1S/C22H25N7OS.C2HF3O2/c1-13-8-16(6-7-28(13)2)29(3)22-25-21-20(31-22)10-18(26-27-21)17-5-4-14(9-19(17)30)15-11-23-24-12-15;3-2(4,5)1(6)7/h4-5,9-13,16,30H,6-8H2,1-3H3,(H,23,24);(H,6,7)/t13-,16+;/m1./s1. The van der Waals surface area contributed by atoms with Gasteiger partial charge in [0.2, 0.25) is 0 Å². The molecule has 202 valence electrons. The Labute approximate surface area is 219 Å². The van der Waals surface area contributed by atoms with Crippen molar-refractivity contribution in [3.8, 4) is 28.1 Å². The lowest BCUT2D eigenvalue weighted by molar-refractivity contribution is -0.192. The summed E-state index contributed by atoms with van der Waals surface area (Å²) in [5.41, 5.74) is 3.73. The Kier molecular flexibility index (Phi) is 7.83. The highest BCUT2D eigenvalue weighted by Gasteiger charge is 2.38. The zero-order valence-electron chi connectivity index (χ0n) is 20.8. The number of benzene rings is 1. The first-order valence-corrected chi connectivity index (χ1v) is 12.5. The summed E-state index contributed by atoms with van der Waals surface area (Å²) in [6, 6.07) is 8.52. The largest absolute Gasteiger partial charge is 0.507 e. The molecular weight excluding hydrogens is 523 g/mol. The monoisotopic (exact) mass is 549 g/mol. The summed E-state index contributed by atoms with van der Waals surface area (Å²) in [6.07, 6.45) is 0.680. The van der Waals surface area contributed by atoms with E-state index in [-0.39, 0.29) is 5.75 Å². The average Bonchev–Trinajstić information content (AvgIpc) is 3.55. The van der Waals surface area contributed by atoms with Crippen molar-refractivity contribution >= 4 is 32.8 Å². The van der Waals surface area contributed by atoms with Crippen LogP contribution in [0, 0.1) is 0 Å². The van der Waals surface area contributed by atoms with Crippen molar-refractivity contribution < 1.29 is 28.2 Å². The van der Waals surface area contributed by atoms with E-state index in [4.69, 9.17) is 14.9 Å². The van der Waals surface area contributed by atoms with Gasteiger partial charge in [-0.15, -0.1) is 10.2 Å². The molecule has 0 aliphatic carbocycles. The number of phenolic OH excluding ortho intramolecular Hbond substituents is 1. The van der Waals surface area contributed by atoms with E-state index in [1.165, 1.54) is 0 Å². The molecule has 0 unspecified atom stereocenters. The number of alkyl halides is 3. The van der Waals surface area contributed by atoms with Gasteiger partial charge in [0.1, 0.15) is 5.75 Å². The Morgan fingerprint density at radius 3 is 2.58 bits per heavy atom. The van der Waals surface area contributed by atoms with Gasteiger partial charge in [0.05, 0.1) is 16.6 Å². The van der Waals surface area contributed by atoms with Gasteiger partial charge in [-0.3, -0.25) is 5.10 Å². The molecule has 2 atom stereocenters. The Bertz CT molecular complexity index is 1410.